The number of hydrogen-bond donors (Lipinski definition) is 1. The Morgan fingerprint density at radius 1 is 1.42 bits per heavy atom. The predicted octanol–water partition coefficient (Wildman–Crippen LogP) is 3.17. The predicted molar refractivity (Wildman–Crippen MR) is 76.8 cm³/mol. The summed E-state index contributed by atoms with van der Waals surface area (Å²) in [5, 5.41) is 10.2. The minimum atomic E-state index is -0.900. The minimum Gasteiger partial charge on any atom is -0.476 e. The van der Waals surface area contributed by atoms with Crippen molar-refractivity contribution in [1.29, 1.82) is 0 Å². The molecule has 2 unspecified atom stereocenters. The lowest BCUT2D eigenvalue weighted by molar-refractivity contribution is 0.0680. The van der Waals surface area contributed by atoms with E-state index in [9.17, 15) is 9.90 Å². The summed E-state index contributed by atoms with van der Waals surface area (Å²) in [6.45, 7) is 7.21. The zero-order chi connectivity index (χ0) is 14.0. The van der Waals surface area contributed by atoms with Gasteiger partial charge in [-0.15, -0.1) is 11.3 Å². The summed E-state index contributed by atoms with van der Waals surface area (Å²) in [6.07, 6.45) is 4.47. The Kier molecular flexibility index (Phi) is 4.58. The number of carbonyl (C=O) groups is 1. The van der Waals surface area contributed by atoms with E-state index in [1.54, 1.807) is 11.3 Å². The van der Waals surface area contributed by atoms with Gasteiger partial charge >= 0.3 is 5.97 Å². The van der Waals surface area contributed by atoms with Crippen LogP contribution in [0.3, 0.4) is 0 Å². The van der Waals surface area contributed by atoms with Gasteiger partial charge in [0.15, 0.2) is 5.69 Å². The standard InChI is InChI=1S/C14H22N2O2S/c1-4-12-15-13(14(17)18)11(19-12)8-16-9(2)6-5-7-10(16)3/h9-10H,4-8H2,1-3H3,(H,17,18). The molecule has 0 amide bonds. The summed E-state index contributed by atoms with van der Waals surface area (Å²) in [5.41, 5.74) is 0.256. The highest BCUT2D eigenvalue weighted by atomic mass is 32.1. The molecule has 1 aromatic heterocycles. The molecule has 0 aliphatic carbocycles. The van der Waals surface area contributed by atoms with Gasteiger partial charge in [0.2, 0.25) is 0 Å². The lowest BCUT2D eigenvalue weighted by Gasteiger charge is -2.38. The summed E-state index contributed by atoms with van der Waals surface area (Å²) in [5.74, 6) is -0.900. The van der Waals surface area contributed by atoms with Gasteiger partial charge in [-0.2, -0.15) is 0 Å². The first-order valence-corrected chi connectivity index (χ1v) is 7.82. The minimum absolute atomic E-state index is 0.256. The fourth-order valence-corrected chi connectivity index (χ4v) is 3.79. The van der Waals surface area contributed by atoms with Crippen molar-refractivity contribution in [2.75, 3.05) is 0 Å². The number of aromatic carboxylic acids is 1. The number of hydrogen-bond acceptors (Lipinski definition) is 4. The van der Waals surface area contributed by atoms with Gasteiger partial charge in [-0.1, -0.05) is 13.3 Å². The van der Waals surface area contributed by atoms with E-state index in [4.69, 9.17) is 0 Å². The number of rotatable bonds is 4. The van der Waals surface area contributed by atoms with Crippen LogP contribution >= 0.6 is 11.3 Å². The molecule has 1 aliphatic rings. The number of carboxylic acids is 1. The maximum atomic E-state index is 11.3. The first-order valence-electron chi connectivity index (χ1n) is 7.00. The van der Waals surface area contributed by atoms with Crippen molar-refractivity contribution in [3.63, 3.8) is 0 Å². The number of thiazole rings is 1. The molecule has 19 heavy (non-hydrogen) atoms. The van der Waals surface area contributed by atoms with E-state index in [0.717, 1.165) is 22.9 Å². The van der Waals surface area contributed by atoms with Crippen LogP contribution < -0.4 is 0 Å². The third-order valence-electron chi connectivity index (χ3n) is 3.95. The first-order chi connectivity index (χ1) is 9.02. The maximum absolute atomic E-state index is 11.3. The Balaban J connectivity index is 2.21. The van der Waals surface area contributed by atoms with Gasteiger partial charge in [0, 0.05) is 18.6 Å². The van der Waals surface area contributed by atoms with Crippen LogP contribution in [0.2, 0.25) is 0 Å². The van der Waals surface area contributed by atoms with E-state index in [1.165, 1.54) is 19.3 Å². The van der Waals surface area contributed by atoms with Crippen LogP contribution in [0.5, 0.6) is 0 Å². The Bertz CT molecular complexity index is 448. The molecule has 0 saturated carbocycles. The van der Waals surface area contributed by atoms with Crippen LogP contribution in [-0.2, 0) is 13.0 Å². The summed E-state index contributed by atoms with van der Waals surface area (Å²) in [7, 11) is 0. The third kappa shape index (κ3) is 3.15. The average Bonchev–Trinajstić information content (AvgIpc) is 2.77. The van der Waals surface area contributed by atoms with Crippen molar-refractivity contribution in [3.8, 4) is 0 Å². The van der Waals surface area contributed by atoms with E-state index >= 15 is 0 Å². The van der Waals surface area contributed by atoms with Crippen molar-refractivity contribution in [2.45, 2.75) is 65.1 Å². The Morgan fingerprint density at radius 2 is 2.05 bits per heavy atom. The van der Waals surface area contributed by atoms with Crippen LogP contribution in [0, 0.1) is 0 Å². The van der Waals surface area contributed by atoms with Gasteiger partial charge in [-0.3, -0.25) is 4.90 Å². The molecule has 1 N–H and O–H groups in total. The summed E-state index contributed by atoms with van der Waals surface area (Å²) in [4.78, 5) is 18.8. The zero-order valence-electron chi connectivity index (χ0n) is 11.8. The summed E-state index contributed by atoms with van der Waals surface area (Å²) in [6, 6.07) is 1.05. The van der Waals surface area contributed by atoms with E-state index < -0.39 is 5.97 Å². The molecular formula is C14H22N2O2S. The van der Waals surface area contributed by atoms with Gasteiger partial charge in [0.1, 0.15) is 0 Å². The topological polar surface area (TPSA) is 53.4 Å². The van der Waals surface area contributed by atoms with Crippen LogP contribution in [0.1, 0.15) is 60.4 Å². The molecule has 106 valence electrons. The SMILES string of the molecule is CCc1nc(C(=O)O)c(CN2C(C)CCCC2C)s1. The lowest BCUT2D eigenvalue weighted by Crippen LogP contribution is -2.43. The molecule has 2 atom stereocenters. The molecule has 4 nitrogen and oxygen atoms in total. The highest BCUT2D eigenvalue weighted by Crippen LogP contribution is 2.28. The highest BCUT2D eigenvalue weighted by Gasteiger charge is 2.27. The van der Waals surface area contributed by atoms with Gasteiger partial charge < -0.3 is 5.11 Å². The quantitative estimate of drug-likeness (QED) is 0.921. The van der Waals surface area contributed by atoms with Gasteiger partial charge in [0.05, 0.1) is 9.88 Å². The number of aryl methyl sites for hydroxylation is 1. The van der Waals surface area contributed by atoms with Crippen molar-refractivity contribution in [2.24, 2.45) is 0 Å². The number of nitrogens with zero attached hydrogens (tertiary/aromatic N) is 2. The average molecular weight is 282 g/mol. The first kappa shape index (κ1) is 14.5. The molecule has 2 heterocycles. The number of carboxylic acid groups (broad SMARTS) is 1. The molecule has 2 rings (SSSR count). The van der Waals surface area contributed by atoms with Crippen molar-refractivity contribution in [1.82, 2.24) is 9.88 Å². The molecule has 1 aromatic rings. The van der Waals surface area contributed by atoms with Crippen LogP contribution in [0.25, 0.3) is 0 Å². The molecule has 0 bridgehead atoms. The zero-order valence-corrected chi connectivity index (χ0v) is 12.7. The second-order valence-corrected chi connectivity index (χ2v) is 6.51. The van der Waals surface area contributed by atoms with E-state index in [2.05, 4.69) is 23.7 Å². The molecule has 1 aliphatic heterocycles. The summed E-state index contributed by atoms with van der Waals surface area (Å²) < 4.78 is 0. The molecule has 0 spiro atoms. The second-order valence-electron chi connectivity index (χ2n) is 5.34. The van der Waals surface area contributed by atoms with Crippen LogP contribution in [0.4, 0.5) is 0 Å². The number of aromatic nitrogens is 1. The molecule has 0 aromatic carbocycles. The third-order valence-corrected chi connectivity index (χ3v) is 5.13. The van der Waals surface area contributed by atoms with E-state index in [1.807, 2.05) is 6.92 Å². The molecular weight excluding hydrogens is 260 g/mol. The Hall–Kier alpha value is -0.940. The highest BCUT2D eigenvalue weighted by molar-refractivity contribution is 7.11. The molecule has 1 saturated heterocycles. The van der Waals surface area contributed by atoms with E-state index in [-0.39, 0.29) is 5.69 Å². The summed E-state index contributed by atoms with van der Waals surface area (Å²) >= 11 is 1.55. The monoisotopic (exact) mass is 282 g/mol. The maximum Gasteiger partial charge on any atom is 0.355 e. The van der Waals surface area contributed by atoms with Gasteiger partial charge in [-0.05, 0) is 33.1 Å². The van der Waals surface area contributed by atoms with Crippen LogP contribution in [-0.4, -0.2) is 33.0 Å². The van der Waals surface area contributed by atoms with Crippen molar-refractivity contribution < 1.29 is 9.90 Å². The number of piperidine rings is 1. The van der Waals surface area contributed by atoms with Gasteiger partial charge in [-0.25, -0.2) is 9.78 Å². The largest absolute Gasteiger partial charge is 0.476 e. The molecule has 0 radical (unpaired) electrons. The van der Waals surface area contributed by atoms with Gasteiger partial charge in [0.25, 0.3) is 0 Å². The lowest BCUT2D eigenvalue weighted by atomic mass is 9.97. The Morgan fingerprint density at radius 3 is 2.58 bits per heavy atom. The fraction of sp³-hybridized carbons (Fsp3) is 0.714. The second kappa shape index (κ2) is 6.01. The van der Waals surface area contributed by atoms with E-state index in [0.29, 0.717) is 12.1 Å². The number of likely N-dealkylation sites (tertiary alicyclic amines) is 1. The smallest absolute Gasteiger partial charge is 0.355 e. The fourth-order valence-electron chi connectivity index (χ4n) is 2.78. The molecule has 1 fully saturated rings. The van der Waals surface area contributed by atoms with Crippen molar-refractivity contribution in [3.05, 3.63) is 15.6 Å². The molecule has 5 heteroatoms. The van der Waals surface area contributed by atoms with Crippen molar-refractivity contribution >= 4 is 17.3 Å². The normalized spacial score (nSPS) is 24.6. The Labute approximate surface area is 118 Å². The van der Waals surface area contributed by atoms with Crippen LogP contribution in [0.15, 0.2) is 0 Å².